The zero-order valence-corrected chi connectivity index (χ0v) is 11.9. The van der Waals surface area contributed by atoms with Crippen molar-refractivity contribution < 1.29 is 4.39 Å². The summed E-state index contributed by atoms with van der Waals surface area (Å²) in [4.78, 5) is 4.36. The van der Waals surface area contributed by atoms with Crippen molar-refractivity contribution in [3.63, 3.8) is 0 Å². The van der Waals surface area contributed by atoms with E-state index in [0.29, 0.717) is 6.42 Å². The lowest BCUT2D eigenvalue weighted by atomic mass is 9.86. The first-order valence-corrected chi connectivity index (χ1v) is 6.93. The quantitative estimate of drug-likeness (QED) is 0.792. The third-order valence-corrected chi connectivity index (χ3v) is 3.73. The van der Waals surface area contributed by atoms with Crippen LogP contribution in [0.2, 0.25) is 0 Å². The fourth-order valence-corrected chi connectivity index (χ4v) is 2.59. The van der Waals surface area contributed by atoms with Crippen LogP contribution >= 0.6 is 0 Å². The molecule has 1 heterocycles. The molecule has 0 saturated carbocycles. The second-order valence-corrected chi connectivity index (χ2v) is 5.64. The molecule has 2 N–H and O–H groups in total. The molecule has 2 nitrogen and oxygen atoms in total. The number of aromatic nitrogens is 1. The van der Waals surface area contributed by atoms with Gasteiger partial charge in [0, 0.05) is 17.1 Å². The summed E-state index contributed by atoms with van der Waals surface area (Å²) in [6, 6.07) is 16.6. The van der Waals surface area contributed by atoms with Crippen molar-refractivity contribution >= 4 is 10.9 Å². The van der Waals surface area contributed by atoms with Crippen LogP contribution in [0.5, 0.6) is 0 Å². The maximum atomic E-state index is 13.3. The second-order valence-electron chi connectivity index (χ2n) is 5.64. The summed E-state index contributed by atoms with van der Waals surface area (Å²) in [6.45, 7) is 1.96. The molecule has 3 heteroatoms. The zero-order chi connectivity index (χ0) is 14.9. The summed E-state index contributed by atoms with van der Waals surface area (Å²) in [5, 5.41) is 1.09. The highest BCUT2D eigenvalue weighted by Gasteiger charge is 2.22. The second kappa shape index (κ2) is 5.26. The molecule has 106 valence electrons. The molecular formula is C18H17FN2. The van der Waals surface area contributed by atoms with Gasteiger partial charge in [0.15, 0.2) is 0 Å². The first-order chi connectivity index (χ1) is 10.0. The van der Waals surface area contributed by atoms with E-state index in [1.807, 2.05) is 43.3 Å². The molecule has 0 amide bonds. The lowest BCUT2D eigenvalue weighted by Crippen LogP contribution is -2.35. The number of fused-ring (bicyclic) bond motifs is 1. The van der Waals surface area contributed by atoms with Gasteiger partial charge >= 0.3 is 0 Å². The van der Waals surface area contributed by atoms with Crippen LogP contribution in [-0.4, -0.2) is 4.98 Å². The normalized spacial score (nSPS) is 14.0. The standard InChI is InChI=1S/C18H17FN2/c1-18(20,12-13-4-2-6-16(19)10-13)15-8-7-14-5-3-9-21-17(14)11-15/h2-11H,12,20H2,1H3. The Labute approximate surface area is 123 Å². The summed E-state index contributed by atoms with van der Waals surface area (Å²) in [5.41, 5.74) is 8.70. The topological polar surface area (TPSA) is 38.9 Å². The number of hydrogen-bond donors (Lipinski definition) is 1. The number of nitrogens with two attached hydrogens (primary N) is 1. The lowest BCUT2D eigenvalue weighted by molar-refractivity contribution is 0.490. The molecule has 0 spiro atoms. The zero-order valence-electron chi connectivity index (χ0n) is 11.9. The predicted octanol–water partition coefficient (Wildman–Crippen LogP) is 3.79. The Hall–Kier alpha value is -2.26. The summed E-state index contributed by atoms with van der Waals surface area (Å²) < 4.78 is 13.3. The average molecular weight is 280 g/mol. The van der Waals surface area contributed by atoms with Crippen LogP contribution in [0.25, 0.3) is 10.9 Å². The highest BCUT2D eigenvalue weighted by atomic mass is 19.1. The molecule has 0 bridgehead atoms. The van der Waals surface area contributed by atoms with Gasteiger partial charge < -0.3 is 5.73 Å². The molecule has 0 radical (unpaired) electrons. The smallest absolute Gasteiger partial charge is 0.123 e. The van der Waals surface area contributed by atoms with Crippen molar-refractivity contribution in [2.75, 3.05) is 0 Å². The van der Waals surface area contributed by atoms with Crippen LogP contribution in [0, 0.1) is 5.82 Å². The first kappa shape index (κ1) is 13.7. The third-order valence-electron chi connectivity index (χ3n) is 3.73. The summed E-state index contributed by atoms with van der Waals surface area (Å²) in [6.07, 6.45) is 2.34. The van der Waals surface area contributed by atoms with Crippen molar-refractivity contribution in [1.82, 2.24) is 4.98 Å². The molecule has 3 rings (SSSR count). The molecule has 1 atom stereocenters. The SMILES string of the molecule is CC(N)(Cc1cccc(F)c1)c1ccc2cccnc2c1. The van der Waals surface area contributed by atoms with E-state index < -0.39 is 5.54 Å². The van der Waals surface area contributed by atoms with E-state index >= 15 is 0 Å². The molecule has 0 aliphatic heterocycles. The van der Waals surface area contributed by atoms with Crippen LogP contribution in [0.1, 0.15) is 18.1 Å². The van der Waals surface area contributed by atoms with Crippen LogP contribution in [0.4, 0.5) is 4.39 Å². The van der Waals surface area contributed by atoms with Crippen LogP contribution in [-0.2, 0) is 12.0 Å². The Morgan fingerprint density at radius 2 is 1.95 bits per heavy atom. The van der Waals surface area contributed by atoms with E-state index in [1.165, 1.54) is 12.1 Å². The highest BCUT2D eigenvalue weighted by molar-refractivity contribution is 5.79. The van der Waals surface area contributed by atoms with Crippen molar-refractivity contribution in [1.29, 1.82) is 0 Å². The number of benzene rings is 2. The van der Waals surface area contributed by atoms with Crippen molar-refractivity contribution in [3.05, 3.63) is 77.7 Å². The summed E-state index contributed by atoms with van der Waals surface area (Å²) in [7, 11) is 0. The Kier molecular flexibility index (Phi) is 3.43. The molecular weight excluding hydrogens is 263 g/mol. The molecule has 21 heavy (non-hydrogen) atoms. The van der Waals surface area contributed by atoms with Gasteiger partial charge in [-0.1, -0.05) is 30.3 Å². The van der Waals surface area contributed by atoms with Crippen molar-refractivity contribution in [2.24, 2.45) is 5.73 Å². The third kappa shape index (κ3) is 2.93. The average Bonchev–Trinajstić information content (AvgIpc) is 2.46. The lowest BCUT2D eigenvalue weighted by Gasteiger charge is -2.25. The van der Waals surface area contributed by atoms with Gasteiger partial charge in [-0.25, -0.2) is 4.39 Å². The Morgan fingerprint density at radius 3 is 2.76 bits per heavy atom. The van der Waals surface area contributed by atoms with Crippen LogP contribution in [0.15, 0.2) is 60.8 Å². The molecule has 0 aliphatic carbocycles. The van der Waals surface area contributed by atoms with Crippen LogP contribution in [0.3, 0.4) is 0 Å². The van der Waals surface area contributed by atoms with Gasteiger partial charge in [0.1, 0.15) is 5.82 Å². The Balaban J connectivity index is 1.95. The minimum Gasteiger partial charge on any atom is -0.321 e. The summed E-state index contributed by atoms with van der Waals surface area (Å²) >= 11 is 0. The van der Waals surface area contributed by atoms with Gasteiger partial charge in [0.25, 0.3) is 0 Å². The van der Waals surface area contributed by atoms with Gasteiger partial charge in [-0.15, -0.1) is 0 Å². The van der Waals surface area contributed by atoms with Crippen LogP contribution < -0.4 is 5.73 Å². The molecule has 0 fully saturated rings. The van der Waals surface area contributed by atoms with Gasteiger partial charge in [-0.3, -0.25) is 4.98 Å². The number of hydrogen-bond acceptors (Lipinski definition) is 2. The molecule has 1 aromatic heterocycles. The van der Waals surface area contributed by atoms with Crippen molar-refractivity contribution in [2.45, 2.75) is 18.9 Å². The molecule has 0 aliphatic rings. The Morgan fingerprint density at radius 1 is 1.10 bits per heavy atom. The van der Waals surface area contributed by atoms with E-state index in [9.17, 15) is 4.39 Å². The number of nitrogens with zero attached hydrogens (tertiary/aromatic N) is 1. The van der Waals surface area contributed by atoms with E-state index in [0.717, 1.165) is 22.0 Å². The fourth-order valence-electron chi connectivity index (χ4n) is 2.59. The highest BCUT2D eigenvalue weighted by Crippen LogP contribution is 2.25. The van der Waals surface area contributed by atoms with Gasteiger partial charge in [0.2, 0.25) is 0 Å². The first-order valence-electron chi connectivity index (χ1n) is 6.93. The Bertz CT molecular complexity index is 781. The molecule has 0 saturated heterocycles. The van der Waals surface area contributed by atoms with Gasteiger partial charge in [-0.2, -0.15) is 0 Å². The predicted molar refractivity (Wildman–Crippen MR) is 83.4 cm³/mol. The van der Waals surface area contributed by atoms with Gasteiger partial charge in [0.05, 0.1) is 5.52 Å². The number of halogens is 1. The largest absolute Gasteiger partial charge is 0.321 e. The fraction of sp³-hybridized carbons (Fsp3) is 0.167. The number of rotatable bonds is 3. The monoisotopic (exact) mass is 280 g/mol. The minimum atomic E-state index is -0.570. The van der Waals surface area contributed by atoms with E-state index in [1.54, 1.807) is 12.3 Å². The maximum Gasteiger partial charge on any atom is 0.123 e. The van der Waals surface area contributed by atoms with Crippen molar-refractivity contribution in [3.8, 4) is 0 Å². The maximum absolute atomic E-state index is 13.3. The van der Waals surface area contributed by atoms with Gasteiger partial charge in [-0.05, 0) is 48.7 Å². The van der Waals surface area contributed by atoms with E-state index in [4.69, 9.17) is 5.73 Å². The minimum absolute atomic E-state index is 0.233. The molecule has 2 aromatic carbocycles. The molecule has 3 aromatic rings. The number of pyridine rings is 1. The van der Waals surface area contributed by atoms with E-state index in [-0.39, 0.29) is 5.82 Å². The van der Waals surface area contributed by atoms with E-state index in [2.05, 4.69) is 4.98 Å². The summed E-state index contributed by atoms with van der Waals surface area (Å²) in [5.74, 6) is -0.233. The molecule has 1 unspecified atom stereocenters.